The van der Waals surface area contributed by atoms with E-state index in [0.717, 1.165) is 57.5 Å². The zero-order valence-corrected chi connectivity index (χ0v) is 18.8. The number of carbonyl (C=O) groups excluding carboxylic acids is 3. The van der Waals surface area contributed by atoms with Crippen molar-refractivity contribution in [2.75, 3.05) is 43.0 Å². The second-order valence-corrected chi connectivity index (χ2v) is 8.61. The number of hydrogen-bond donors (Lipinski definition) is 1. The molecule has 2 saturated heterocycles. The van der Waals surface area contributed by atoms with Gasteiger partial charge in [0.15, 0.2) is 0 Å². The van der Waals surface area contributed by atoms with Crippen LogP contribution >= 0.6 is 0 Å². The lowest BCUT2D eigenvalue weighted by Gasteiger charge is -2.34. The number of nitrogens with zero attached hydrogens (tertiary/aromatic N) is 2. The first-order valence-corrected chi connectivity index (χ1v) is 11.6. The molecule has 0 aliphatic carbocycles. The predicted octanol–water partition coefficient (Wildman–Crippen LogP) is 3.83. The van der Waals surface area contributed by atoms with Gasteiger partial charge < -0.3 is 19.9 Å². The van der Waals surface area contributed by atoms with Gasteiger partial charge in [-0.2, -0.15) is 0 Å². The Labute approximate surface area is 185 Å². The Hall–Kier alpha value is -2.57. The SMILES string of the molecule is CCOC(=O)CCC(=O)Nc1ccc(N2CCCCC2)c(C(=O)N2CCC(C)CC2)c1. The zero-order chi connectivity index (χ0) is 22.2. The van der Waals surface area contributed by atoms with Gasteiger partial charge in [0.1, 0.15) is 0 Å². The van der Waals surface area contributed by atoms with E-state index in [1.165, 1.54) is 6.42 Å². The summed E-state index contributed by atoms with van der Waals surface area (Å²) in [6.07, 6.45) is 5.62. The summed E-state index contributed by atoms with van der Waals surface area (Å²) in [5.74, 6) is 0.0444. The summed E-state index contributed by atoms with van der Waals surface area (Å²) in [6, 6.07) is 5.60. The number of esters is 1. The minimum atomic E-state index is -0.381. The predicted molar refractivity (Wildman–Crippen MR) is 121 cm³/mol. The number of anilines is 2. The molecule has 3 rings (SSSR count). The lowest BCUT2D eigenvalue weighted by atomic mass is 9.98. The first kappa shape index (κ1) is 23.1. The topological polar surface area (TPSA) is 79.0 Å². The number of benzene rings is 1. The number of piperidine rings is 2. The lowest BCUT2D eigenvalue weighted by molar-refractivity contribution is -0.144. The van der Waals surface area contributed by atoms with E-state index in [1.54, 1.807) is 13.0 Å². The van der Waals surface area contributed by atoms with Crippen LogP contribution in [-0.4, -0.2) is 55.5 Å². The van der Waals surface area contributed by atoms with Crippen LogP contribution in [0, 0.1) is 5.92 Å². The van der Waals surface area contributed by atoms with Crippen LogP contribution in [0.5, 0.6) is 0 Å². The number of hydrogen-bond acceptors (Lipinski definition) is 5. The summed E-state index contributed by atoms with van der Waals surface area (Å²) in [6.45, 7) is 7.71. The highest BCUT2D eigenvalue weighted by atomic mass is 16.5. The quantitative estimate of drug-likeness (QED) is 0.667. The van der Waals surface area contributed by atoms with Crippen LogP contribution in [0.15, 0.2) is 18.2 Å². The van der Waals surface area contributed by atoms with Crippen LogP contribution in [0.3, 0.4) is 0 Å². The first-order valence-electron chi connectivity index (χ1n) is 11.6. The van der Waals surface area contributed by atoms with Crippen molar-refractivity contribution in [3.05, 3.63) is 23.8 Å². The number of carbonyl (C=O) groups is 3. The molecule has 31 heavy (non-hydrogen) atoms. The van der Waals surface area contributed by atoms with Crippen molar-refractivity contribution in [3.8, 4) is 0 Å². The van der Waals surface area contributed by atoms with Gasteiger partial charge in [0, 0.05) is 44.0 Å². The average molecular weight is 430 g/mol. The molecule has 0 radical (unpaired) electrons. The van der Waals surface area contributed by atoms with Crippen LogP contribution in [0.2, 0.25) is 0 Å². The Balaban J connectivity index is 1.75. The zero-order valence-electron chi connectivity index (χ0n) is 18.8. The number of likely N-dealkylation sites (tertiary alicyclic amines) is 1. The summed E-state index contributed by atoms with van der Waals surface area (Å²) in [4.78, 5) is 41.5. The molecule has 0 aromatic heterocycles. The van der Waals surface area contributed by atoms with Crippen LogP contribution in [0.1, 0.15) is 69.2 Å². The molecule has 1 N–H and O–H groups in total. The second kappa shape index (κ2) is 11.2. The fraction of sp³-hybridized carbons (Fsp3) is 0.625. The van der Waals surface area contributed by atoms with Crippen molar-refractivity contribution in [2.45, 2.75) is 58.8 Å². The Kier molecular flexibility index (Phi) is 8.32. The van der Waals surface area contributed by atoms with E-state index in [2.05, 4.69) is 17.1 Å². The monoisotopic (exact) mass is 429 g/mol. The molecule has 2 heterocycles. The fourth-order valence-electron chi connectivity index (χ4n) is 4.25. The van der Waals surface area contributed by atoms with E-state index >= 15 is 0 Å². The second-order valence-electron chi connectivity index (χ2n) is 8.61. The smallest absolute Gasteiger partial charge is 0.306 e. The number of rotatable bonds is 7. The van der Waals surface area contributed by atoms with E-state index in [4.69, 9.17) is 4.74 Å². The minimum Gasteiger partial charge on any atom is -0.466 e. The molecular weight excluding hydrogens is 394 g/mol. The van der Waals surface area contributed by atoms with Crippen LogP contribution in [0.4, 0.5) is 11.4 Å². The van der Waals surface area contributed by atoms with Crippen LogP contribution in [0.25, 0.3) is 0 Å². The molecule has 1 aromatic carbocycles. The van der Waals surface area contributed by atoms with Crippen molar-refractivity contribution >= 4 is 29.2 Å². The maximum absolute atomic E-state index is 13.4. The van der Waals surface area contributed by atoms with Gasteiger partial charge in [0.05, 0.1) is 18.6 Å². The van der Waals surface area contributed by atoms with Crippen LogP contribution in [-0.2, 0) is 14.3 Å². The van der Waals surface area contributed by atoms with Crippen LogP contribution < -0.4 is 10.2 Å². The Morgan fingerprint density at radius 3 is 2.42 bits per heavy atom. The molecule has 0 spiro atoms. The molecule has 0 bridgehead atoms. The Morgan fingerprint density at radius 2 is 1.74 bits per heavy atom. The van der Waals surface area contributed by atoms with Gasteiger partial charge in [0.25, 0.3) is 5.91 Å². The van der Waals surface area contributed by atoms with Crippen molar-refractivity contribution in [1.82, 2.24) is 4.90 Å². The van der Waals surface area contributed by atoms with Gasteiger partial charge in [-0.3, -0.25) is 14.4 Å². The minimum absolute atomic E-state index is 0.0371. The third-order valence-electron chi connectivity index (χ3n) is 6.14. The van der Waals surface area contributed by atoms with Crippen molar-refractivity contribution in [2.24, 2.45) is 5.92 Å². The first-order chi connectivity index (χ1) is 15.0. The molecule has 2 amide bonds. The highest BCUT2D eigenvalue weighted by Crippen LogP contribution is 2.29. The molecule has 2 fully saturated rings. The normalized spacial score (nSPS) is 17.4. The maximum atomic E-state index is 13.4. The highest BCUT2D eigenvalue weighted by molar-refractivity contribution is 6.02. The van der Waals surface area contributed by atoms with Gasteiger partial charge in [-0.25, -0.2) is 0 Å². The van der Waals surface area contributed by atoms with Crippen molar-refractivity contribution < 1.29 is 19.1 Å². The van der Waals surface area contributed by atoms with Gasteiger partial charge in [-0.05, 0) is 63.1 Å². The molecule has 2 aliphatic rings. The van der Waals surface area contributed by atoms with Crippen molar-refractivity contribution in [3.63, 3.8) is 0 Å². The van der Waals surface area contributed by atoms with Crippen molar-refractivity contribution in [1.29, 1.82) is 0 Å². The summed E-state index contributed by atoms with van der Waals surface area (Å²) in [5, 5.41) is 2.84. The molecule has 0 unspecified atom stereocenters. The van der Waals surface area contributed by atoms with Gasteiger partial charge in [-0.15, -0.1) is 0 Å². The molecule has 1 aromatic rings. The van der Waals surface area contributed by atoms with E-state index in [-0.39, 0.29) is 30.6 Å². The maximum Gasteiger partial charge on any atom is 0.306 e. The van der Waals surface area contributed by atoms with E-state index < -0.39 is 0 Å². The largest absolute Gasteiger partial charge is 0.466 e. The van der Waals surface area contributed by atoms with Gasteiger partial charge in [0.2, 0.25) is 5.91 Å². The average Bonchev–Trinajstić information content (AvgIpc) is 2.78. The van der Waals surface area contributed by atoms with Gasteiger partial charge in [-0.1, -0.05) is 6.92 Å². The highest BCUT2D eigenvalue weighted by Gasteiger charge is 2.26. The Morgan fingerprint density at radius 1 is 1.03 bits per heavy atom. The fourth-order valence-corrected chi connectivity index (χ4v) is 4.25. The molecule has 2 aliphatic heterocycles. The summed E-state index contributed by atoms with van der Waals surface area (Å²) < 4.78 is 4.88. The molecule has 7 heteroatoms. The Bertz CT molecular complexity index is 781. The molecule has 170 valence electrons. The summed E-state index contributed by atoms with van der Waals surface area (Å²) >= 11 is 0. The van der Waals surface area contributed by atoms with Gasteiger partial charge >= 0.3 is 5.97 Å². The summed E-state index contributed by atoms with van der Waals surface area (Å²) in [5.41, 5.74) is 2.19. The summed E-state index contributed by atoms with van der Waals surface area (Å²) in [7, 11) is 0. The standard InChI is InChI=1S/C24H35N3O4/c1-3-31-23(29)10-9-22(28)25-19-7-8-21(26-13-5-4-6-14-26)20(17-19)24(30)27-15-11-18(2)12-16-27/h7-8,17-18H,3-6,9-16H2,1-2H3,(H,25,28). The molecule has 0 atom stereocenters. The molecular formula is C24H35N3O4. The third-order valence-corrected chi connectivity index (χ3v) is 6.14. The number of amides is 2. The van der Waals surface area contributed by atoms with E-state index in [0.29, 0.717) is 23.8 Å². The lowest BCUT2D eigenvalue weighted by Crippen LogP contribution is -2.39. The van der Waals surface area contributed by atoms with E-state index in [9.17, 15) is 14.4 Å². The number of nitrogens with one attached hydrogen (secondary N) is 1. The number of ether oxygens (including phenoxy) is 1. The van der Waals surface area contributed by atoms with E-state index in [1.807, 2.05) is 17.0 Å². The molecule has 0 saturated carbocycles. The third kappa shape index (κ3) is 6.45. The molecule has 7 nitrogen and oxygen atoms in total.